The van der Waals surface area contributed by atoms with E-state index in [4.69, 9.17) is 4.74 Å². The predicted molar refractivity (Wildman–Crippen MR) is 87.2 cm³/mol. The predicted octanol–water partition coefficient (Wildman–Crippen LogP) is 1.68. The summed E-state index contributed by atoms with van der Waals surface area (Å²) in [6.07, 6.45) is 3.24. The van der Waals surface area contributed by atoms with Gasteiger partial charge in [0.25, 0.3) is 17.7 Å². The molecule has 0 spiro atoms. The van der Waals surface area contributed by atoms with Crippen molar-refractivity contribution in [1.29, 1.82) is 0 Å². The molecule has 1 aromatic rings. The molecule has 3 rings (SSSR count). The average molecular weight is 344 g/mol. The minimum absolute atomic E-state index is 0.253. The van der Waals surface area contributed by atoms with Crippen molar-refractivity contribution in [2.45, 2.75) is 32.6 Å². The molecule has 3 amide bonds. The summed E-state index contributed by atoms with van der Waals surface area (Å²) in [6, 6.07) is 5.86. The lowest BCUT2D eigenvalue weighted by molar-refractivity contribution is -0.142. The van der Waals surface area contributed by atoms with Crippen LogP contribution in [0.2, 0.25) is 0 Å². The topological polar surface area (TPSA) is 92.8 Å². The Morgan fingerprint density at radius 2 is 1.56 bits per heavy atom. The Labute approximate surface area is 145 Å². The molecule has 1 saturated carbocycles. The number of nitrogens with one attached hydrogen (secondary N) is 1. The number of hydrogen-bond donors (Lipinski definition) is 1. The summed E-state index contributed by atoms with van der Waals surface area (Å²) in [5, 5.41) is 0.863. The van der Waals surface area contributed by atoms with Gasteiger partial charge >= 0.3 is 5.97 Å². The van der Waals surface area contributed by atoms with Gasteiger partial charge < -0.3 is 4.74 Å². The molecule has 1 aliphatic carbocycles. The second-order valence-corrected chi connectivity index (χ2v) is 6.25. The second kappa shape index (κ2) is 7.04. The molecular weight excluding hydrogens is 324 g/mol. The molecule has 0 unspecified atom stereocenters. The highest BCUT2D eigenvalue weighted by atomic mass is 16.5. The van der Waals surface area contributed by atoms with E-state index in [0.29, 0.717) is 18.4 Å². The van der Waals surface area contributed by atoms with Crippen LogP contribution in [0, 0.1) is 11.8 Å². The average Bonchev–Trinajstić information content (AvgIpc) is 2.87. The van der Waals surface area contributed by atoms with Gasteiger partial charge in [-0.25, -0.2) is 4.79 Å². The van der Waals surface area contributed by atoms with Crippen molar-refractivity contribution in [2.75, 3.05) is 6.61 Å². The molecule has 1 heterocycles. The van der Waals surface area contributed by atoms with Crippen LogP contribution in [0.4, 0.5) is 0 Å². The van der Waals surface area contributed by atoms with Gasteiger partial charge in [-0.1, -0.05) is 12.8 Å². The number of ether oxygens (including phenoxy) is 1. The van der Waals surface area contributed by atoms with Gasteiger partial charge in [-0.3, -0.25) is 19.8 Å². The highest BCUT2D eigenvalue weighted by Crippen LogP contribution is 2.37. The second-order valence-electron chi connectivity index (χ2n) is 6.25. The Kier molecular flexibility index (Phi) is 4.83. The third-order valence-corrected chi connectivity index (χ3v) is 4.71. The lowest BCUT2D eigenvalue weighted by Gasteiger charge is -2.19. The Morgan fingerprint density at radius 1 is 1.04 bits per heavy atom. The maximum atomic E-state index is 12.4. The molecule has 2 atom stereocenters. The van der Waals surface area contributed by atoms with Crippen molar-refractivity contribution in [1.82, 2.24) is 10.4 Å². The van der Waals surface area contributed by atoms with E-state index in [1.807, 2.05) is 0 Å². The molecule has 25 heavy (non-hydrogen) atoms. The third-order valence-electron chi connectivity index (χ3n) is 4.71. The molecule has 0 radical (unpaired) electrons. The number of nitrogens with zero attached hydrogens (tertiary/aromatic N) is 1. The van der Waals surface area contributed by atoms with Gasteiger partial charge in [-0.2, -0.15) is 5.01 Å². The Hall–Kier alpha value is -2.70. The number of fused-ring (bicyclic) bond motifs is 1. The van der Waals surface area contributed by atoms with Crippen molar-refractivity contribution in [3.63, 3.8) is 0 Å². The Morgan fingerprint density at radius 3 is 2.08 bits per heavy atom. The van der Waals surface area contributed by atoms with Crippen LogP contribution in [0.3, 0.4) is 0 Å². The fraction of sp³-hybridized carbons (Fsp3) is 0.444. The van der Waals surface area contributed by atoms with E-state index >= 15 is 0 Å². The molecule has 1 N–H and O–H groups in total. The standard InChI is InChI=1S/C18H20N2O5/c1-2-25-18(24)12-9-7-11(8-10-12)15(21)19-20-16(22)13-5-3-4-6-14(13)17(20)23/h7-10,13-14H,2-6H2,1H3,(H,19,21)/t13-,14-/m0/s1. The van der Waals surface area contributed by atoms with Crippen LogP contribution in [0.25, 0.3) is 0 Å². The molecule has 0 aromatic heterocycles. The van der Waals surface area contributed by atoms with Crippen LogP contribution in [0.15, 0.2) is 24.3 Å². The van der Waals surface area contributed by atoms with Gasteiger partial charge in [0.15, 0.2) is 0 Å². The highest BCUT2D eigenvalue weighted by molar-refractivity contribution is 6.07. The number of carbonyl (C=O) groups is 4. The molecule has 2 aliphatic rings. The first-order valence-corrected chi connectivity index (χ1v) is 8.49. The van der Waals surface area contributed by atoms with Gasteiger partial charge in [0.1, 0.15) is 0 Å². The normalized spacial score (nSPS) is 22.5. The van der Waals surface area contributed by atoms with Crippen LogP contribution in [-0.2, 0) is 14.3 Å². The number of hydrogen-bond acceptors (Lipinski definition) is 5. The van der Waals surface area contributed by atoms with Crippen LogP contribution in [0.5, 0.6) is 0 Å². The largest absolute Gasteiger partial charge is 0.462 e. The van der Waals surface area contributed by atoms with Gasteiger partial charge in [-0.15, -0.1) is 0 Å². The molecule has 7 nitrogen and oxygen atoms in total. The minimum atomic E-state index is -0.559. The van der Waals surface area contributed by atoms with Gasteiger partial charge in [0.05, 0.1) is 24.0 Å². The fourth-order valence-corrected chi connectivity index (χ4v) is 3.41. The minimum Gasteiger partial charge on any atom is -0.462 e. The lowest BCUT2D eigenvalue weighted by atomic mass is 9.81. The molecule has 0 bridgehead atoms. The number of benzene rings is 1. The number of hydrazine groups is 1. The molecule has 2 fully saturated rings. The van der Waals surface area contributed by atoms with E-state index in [1.54, 1.807) is 6.92 Å². The van der Waals surface area contributed by atoms with Gasteiger partial charge in [0, 0.05) is 5.56 Å². The summed E-state index contributed by atoms with van der Waals surface area (Å²) in [5.74, 6) is -2.31. The van der Waals surface area contributed by atoms with E-state index in [2.05, 4.69) is 5.43 Å². The summed E-state index contributed by atoms with van der Waals surface area (Å²) in [7, 11) is 0. The summed E-state index contributed by atoms with van der Waals surface area (Å²) in [6.45, 7) is 1.98. The quantitative estimate of drug-likeness (QED) is 0.663. The van der Waals surface area contributed by atoms with Crippen LogP contribution in [-0.4, -0.2) is 35.3 Å². The zero-order valence-corrected chi connectivity index (χ0v) is 14.0. The van der Waals surface area contributed by atoms with Crippen molar-refractivity contribution < 1.29 is 23.9 Å². The van der Waals surface area contributed by atoms with Gasteiger partial charge in [-0.05, 0) is 44.0 Å². The Bertz CT molecular complexity index is 689. The molecule has 132 valence electrons. The SMILES string of the molecule is CCOC(=O)c1ccc(C(=O)NN2C(=O)[C@H]3CCCC[C@@H]3C2=O)cc1. The first-order valence-electron chi connectivity index (χ1n) is 8.49. The number of amides is 3. The maximum absolute atomic E-state index is 12.4. The molecule has 1 aliphatic heterocycles. The lowest BCUT2D eigenvalue weighted by Crippen LogP contribution is -2.46. The third kappa shape index (κ3) is 3.26. The van der Waals surface area contributed by atoms with Crippen LogP contribution < -0.4 is 5.43 Å². The smallest absolute Gasteiger partial charge is 0.338 e. The van der Waals surface area contributed by atoms with Crippen molar-refractivity contribution in [3.8, 4) is 0 Å². The highest BCUT2D eigenvalue weighted by Gasteiger charge is 2.49. The number of imide groups is 1. The molecule has 1 aromatic carbocycles. The summed E-state index contributed by atoms with van der Waals surface area (Å²) in [5.41, 5.74) is 2.99. The van der Waals surface area contributed by atoms with Gasteiger partial charge in [0.2, 0.25) is 0 Å². The summed E-state index contributed by atoms with van der Waals surface area (Å²) < 4.78 is 4.88. The van der Waals surface area contributed by atoms with E-state index in [9.17, 15) is 19.2 Å². The van der Waals surface area contributed by atoms with Crippen LogP contribution in [0.1, 0.15) is 53.3 Å². The molecular formula is C18H20N2O5. The van der Waals surface area contributed by atoms with E-state index in [-0.39, 0.29) is 35.8 Å². The maximum Gasteiger partial charge on any atom is 0.338 e. The summed E-state index contributed by atoms with van der Waals surface area (Å²) in [4.78, 5) is 48.7. The number of carbonyl (C=O) groups excluding carboxylic acids is 4. The Balaban J connectivity index is 1.69. The number of esters is 1. The van der Waals surface area contributed by atoms with Crippen LogP contribution >= 0.6 is 0 Å². The first kappa shape index (κ1) is 17.1. The van der Waals surface area contributed by atoms with Crippen molar-refractivity contribution in [3.05, 3.63) is 35.4 Å². The first-order chi connectivity index (χ1) is 12.0. The number of rotatable bonds is 4. The monoisotopic (exact) mass is 344 g/mol. The fourth-order valence-electron chi connectivity index (χ4n) is 3.41. The van der Waals surface area contributed by atoms with E-state index in [0.717, 1.165) is 17.9 Å². The van der Waals surface area contributed by atoms with Crippen molar-refractivity contribution in [2.24, 2.45) is 11.8 Å². The van der Waals surface area contributed by atoms with E-state index < -0.39 is 11.9 Å². The summed E-state index contributed by atoms with van der Waals surface area (Å²) >= 11 is 0. The molecule has 1 saturated heterocycles. The van der Waals surface area contributed by atoms with Crippen molar-refractivity contribution >= 4 is 23.7 Å². The molecule has 7 heteroatoms. The zero-order chi connectivity index (χ0) is 18.0. The zero-order valence-electron chi connectivity index (χ0n) is 14.0. The van der Waals surface area contributed by atoms with E-state index in [1.165, 1.54) is 24.3 Å².